The van der Waals surface area contributed by atoms with Crippen LogP contribution in [0, 0.1) is 6.92 Å². The van der Waals surface area contributed by atoms with Crippen LogP contribution < -0.4 is 22.5 Å². The number of nitrogens with two attached hydrogens (primary N) is 2. The first-order chi connectivity index (χ1) is 9.03. The summed E-state index contributed by atoms with van der Waals surface area (Å²) in [5.41, 5.74) is 5.14. The molecule has 1 aromatic rings. The van der Waals surface area contributed by atoms with Gasteiger partial charge in [-0.25, -0.2) is 16.7 Å². The lowest BCUT2D eigenvalue weighted by Crippen LogP contribution is -2.33. The van der Waals surface area contributed by atoms with Crippen LogP contribution in [0.3, 0.4) is 0 Å². The molecule has 0 aliphatic heterocycles. The molecular weight excluding hydrogens is 270 g/mol. The number of amides is 2. The summed E-state index contributed by atoms with van der Waals surface area (Å²) in [5, 5.41) is 9.59. The normalized spacial score (nSPS) is 10.1. The summed E-state index contributed by atoms with van der Waals surface area (Å²) in [6.45, 7) is 1.39. The minimum Gasteiger partial charge on any atom is -0.392 e. The number of carbonyl (C=O) groups excluding carboxylic acids is 2. The molecule has 19 heavy (non-hydrogen) atoms. The Morgan fingerprint density at radius 3 is 2.63 bits per heavy atom. The number of thioether (sulfide) groups is 1. The summed E-state index contributed by atoms with van der Waals surface area (Å²) >= 11 is 1.04. The van der Waals surface area contributed by atoms with Gasteiger partial charge < -0.3 is 5.11 Å². The van der Waals surface area contributed by atoms with E-state index in [1.54, 1.807) is 13.0 Å². The molecule has 0 saturated heterocycles. The van der Waals surface area contributed by atoms with Crippen molar-refractivity contribution < 1.29 is 14.7 Å². The second-order valence-corrected chi connectivity index (χ2v) is 4.55. The van der Waals surface area contributed by atoms with E-state index in [1.165, 1.54) is 0 Å². The highest BCUT2D eigenvalue weighted by Gasteiger charge is 2.18. The zero-order valence-corrected chi connectivity index (χ0v) is 11.1. The lowest BCUT2D eigenvalue weighted by Gasteiger charge is -2.12. The van der Waals surface area contributed by atoms with Crippen LogP contribution in [0.15, 0.2) is 11.1 Å². The molecule has 0 fully saturated rings. The Hall–Kier alpha value is -1.68. The first-order valence-electron chi connectivity index (χ1n) is 5.28. The fraction of sp³-hybridized carbons (Fsp3) is 0.300. The van der Waals surface area contributed by atoms with Crippen LogP contribution in [0.1, 0.15) is 21.6 Å². The zero-order chi connectivity index (χ0) is 14.4. The molecule has 7 N–H and O–H groups in total. The summed E-state index contributed by atoms with van der Waals surface area (Å²) in [7, 11) is 0. The highest BCUT2D eigenvalue weighted by Crippen LogP contribution is 2.24. The van der Waals surface area contributed by atoms with Crippen LogP contribution in [0.4, 0.5) is 0 Å². The van der Waals surface area contributed by atoms with Gasteiger partial charge in [0.1, 0.15) is 5.03 Å². The minimum absolute atomic E-state index is 0.00265. The van der Waals surface area contributed by atoms with E-state index in [9.17, 15) is 14.7 Å². The largest absolute Gasteiger partial charge is 0.392 e. The van der Waals surface area contributed by atoms with Crippen molar-refractivity contribution in [2.24, 2.45) is 11.7 Å². The van der Waals surface area contributed by atoms with Crippen molar-refractivity contribution in [3.63, 3.8) is 0 Å². The summed E-state index contributed by atoms with van der Waals surface area (Å²) < 4.78 is 0. The Morgan fingerprint density at radius 2 is 2.11 bits per heavy atom. The number of pyridine rings is 1. The van der Waals surface area contributed by atoms with E-state index in [2.05, 4.69) is 4.98 Å². The molecule has 0 aliphatic carbocycles. The van der Waals surface area contributed by atoms with E-state index in [0.717, 1.165) is 11.8 Å². The second kappa shape index (κ2) is 7.04. The van der Waals surface area contributed by atoms with Gasteiger partial charge in [0.05, 0.1) is 17.9 Å². The molecule has 9 heteroatoms. The molecule has 0 atom stereocenters. The van der Waals surface area contributed by atoms with Crippen molar-refractivity contribution in [1.29, 1.82) is 0 Å². The van der Waals surface area contributed by atoms with E-state index in [4.69, 9.17) is 11.7 Å². The molecule has 0 saturated carbocycles. The highest BCUT2D eigenvalue weighted by molar-refractivity contribution is 8.00. The number of aliphatic hydroxyl groups is 1. The third-order valence-electron chi connectivity index (χ3n) is 2.23. The smallest absolute Gasteiger partial charge is 0.268 e. The third kappa shape index (κ3) is 3.89. The number of nitrogens with zero attached hydrogens (tertiary/aromatic N) is 1. The average molecular weight is 285 g/mol. The van der Waals surface area contributed by atoms with Crippen LogP contribution in [-0.2, 0) is 11.4 Å². The van der Waals surface area contributed by atoms with Gasteiger partial charge in [-0.3, -0.25) is 20.4 Å². The van der Waals surface area contributed by atoms with Crippen molar-refractivity contribution in [2.45, 2.75) is 18.6 Å². The van der Waals surface area contributed by atoms with Gasteiger partial charge in [-0.05, 0) is 18.6 Å². The third-order valence-corrected chi connectivity index (χ3v) is 3.20. The fourth-order valence-electron chi connectivity index (χ4n) is 1.43. The second-order valence-electron chi connectivity index (χ2n) is 3.59. The maximum absolute atomic E-state index is 11.7. The number of aromatic nitrogens is 1. The standard InChI is InChI=1S/C10H15N5O3S/c1-5-2-6(3-16)8(9(18)15-12)10(13-5)19-4-7(17)14-11/h2,16H,3-4,11-12H2,1H3,(H,14,17)(H,15,18). The molecule has 0 spiro atoms. The monoisotopic (exact) mass is 285 g/mol. The quantitative estimate of drug-likeness (QED) is 0.193. The van der Waals surface area contributed by atoms with Crippen LogP contribution in [0.2, 0.25) is 0 Å². The first-order valence-corrected chi connectivity index (χ1v) is 6.26. The van der Waals surface area contributed by atoms with Gasteiger partial charge in [0.25, 0.3) is 5.91 Å². The van der Waals surface area contributed by atoms with Crippen LogP contribution >= 0.6 is 11.8 Å². The Labute approximate surface area is 113 Å². The van der Waals surface area contributed by atoms with E-state index in [1.807, 2.05) is 10.9 Å². The molecule has 1 rings (SSSR count). The Bertz CT molecular complexity index is 494. The maximum atomic E-state index is 11.7. The van der Waals surface area contributed by atoms with Gasteiger partial charge in [-0.15, -0.1) is 0 Å². The number of carbonyl (C=O) groups is 2. The van der Waals surface area contributed by atoms with Gasteiger partial charge in [0.2, 0.25) is 5.91 Å². The zero-order valence-electron chi connectivity index (χ0n) is 10.3. The molecule has 0 radical (unpaired) electrons. The molecule has 2 amide bonds. The lowest BCUT2D eigenvalue weighted by molar-refractivity contribution is -0.118. The number of nitrogen functional groups attached to an aromatic ring is 1. The van der Waals surface area contributed by atoms with E-state index in [0.29, 0.717) is 16.3 Å². The topological polar surface area (TPSA) is 143 Å². The van der Waals surface area contributed by atoms with Gasteiger partial charge in [-0.2, -0.15) is 0 Å². The summed E-state index contributed by atoms with van der Waals surface area (Å²) in [6, 6.07) is 1.58. The highest BCUT2D eigenvalue weighted by atomic mass is 32.2. The van der Waals surface area contributed by atoms with Crippen LogP contribution in [0.25, 0.3) is 0 Å². The lowest BCUT2D eigenvalue weighted by atomic mass is 10.1. The molecule has 0 unspecified atom stereocenters. The number of rotatable bonds is 5. The summed E-state index contributed by atoms with van der Waals surface area (Å²) in [5.74, 6) is 9.09. The predicted molar refractivity (Wildman–Crippen MR) is 69.6 cm³/mol. The van der Waals surface area contributed by atoms with Gasteiger partial charge in [0.15, 0.2) is 0 Å². The number of hydrogen-bond donors (Lipinski definition) is 5. The Kier molecular flexibility index (Phi) is 5.70. The molecule has 8 nitrogen and oxygen atoms in total. The molecule has 0 aromatic carbocycles. The SMILES string of the molecule is Cc1cc(CO)c(C(=O)NN)c(SCC(=O)NN)n1. The first kappa shape index (κ1) is 15.4. The van der Waals surface area contributed by atoms with E-state index >= 15 is 0 Å². The molecule has 0 aliphatic rings. The van der Waals surface area contributed by atoms with Crippen molar-refractivity contribution in [3.8, 4) is 0 Å². The van der Waals surface area contributed by atoms with Crippen molar-refractivity contribution >= 4 is 23.6 Å². The summed E-state index contributed by atoms with van der Waals surface area (Å²) in [4.78, 5) is 27.0. The number of aliphatic hydroxyl groups excluding tert-OH is 1. The molecular formula is C10H15N5O3S. The van der Waals surface area contributed by atoms with Crippen LogP contribution in [0.5, 0.6) is 0 Å². The summed E-state index contributed by atoms with van der Waals surface area (Å²) in [6.07, 6.45) is 0. The number of hydrazine groups is 2. The van der Waals surface area contributed by atoms with Gasteiger partial charge in [-0.1, -0.05) is 11.8 Å². The van der Waals surface area contributed by atoms with E-state index in [-0.39, 0.29) is 17.9 Å². The number of aryl methyl sites for hydroxylation is 1. The molecule has 1 aromatic heterocycles. The van der Waals surface area contributed by atoms with Crippen molar-refractivity contribution in [1.82, 2.24) is 15.8 Å². The predicted octanol–water partition coefficient (Wildman–Crippen LogP) is -1.43. The molecule has 0 bridgehead atoms. The van der Waals surface area contributed by atoms with Gasteiger partial charge in [0, 0.05) is 5.69 Å². The number of nitrogens with one attached hydrogen (secondary N) is 2. The van der Waals surface area contributed by atoms with Gasteiger partial charge >= 0.3 is 0 Å². The maximum Gasteiger partial charge on any atom is 0.268 e. The molecule has 1 heterocycles. The Balaban J connectivity index is 3.15. The Morgan fingerprint density at radius 1 is 1.42 bits per heavy atom. The minimum atomic E-state index is -0.577. The fourth-order valence-corrected chi connectivity index (χ4v) is 2.36. The van der Waals surface area contributed by atoms with Crippen LogP contribution in [-0.4, -0.2) is 27.7 Å². The number of hydrogen-bond acceptors (Lipinski definition) is 7. The average Bonchev–Trinajstić information content (AvgIpc) is 2.42. The van der Waals surface area contributed by atoms with Crippen molar-refractivity contribution in [3.05, 3.63) is 22.9 Å². The van der Waals surface area contributed by atoms with E-state index < -0.39 is 11.8 Å². The van der Waals surface area contributed by atoms with Crippen molar-refractivity contribution in [2.75, 3.05) is 5.75 Å². The molecule has 104 valence electrons.